The van der Waals surface area contributed by atoms with Gasteiger partial charge >= 0.3 is 132 Å². The van der Waals surface area contributed by atoms with Crippen molar-refractivity contribution in [2.75, 3.05) is 6.61 Å². The molecule has 0 fully saturated rings. The molecule has 0 heterocycles. The Labute approximate surface area is 156 Å². The molecule has 1 aliphatic rings. The zero-order chi connectivity index (χ0) is 14.8. The number of rotatable bonds is 4. The van der Waals surface area contributed by atoms with E-state index in [4.69, 9.17) is 3.32 Å². The van der Waals surface area contributed by atoms with Crippen LogP contribution in [0.15, 0.2) is 41.5 Å². The quantitative estimate of drug-likeness (QED) is 0.583. The van der Waals surface area contributed by atoms with Gasteiger partial charge in [-0.25, -0.2) is 0 Å². The van der Waals surface area contributed by atoms with Crippen LogP contribution in [0.2, 0.25) is 0 Å². The maximum Gasteiger partial charge on any atom is -1.00 e. The number of hydrogen-bond donors (Lipinski definition) is 0. The van der Waals surface area contributed by atoms with Crippen LogP contribution in [-0.2, 0) is 22.9 Å². The van der Waals surface area contributed by atoms with E-state index in [2.05, 4.69) is 65.0 Å². The largest absolute Gasteiger partial charge is 1.00 e. The molecule has 1 aromatic carbocycles. The molecule has 0 saturated carbocycles. The van der Waals surface area contributed by atoms with Crippen LogP contribution in [0.4, 0.5) is 0 Å². The van der Waals surface area contributed by atoms with Crippen LogP contribution in [0.1, 0.15) is 46.6 Å². The molecule has 1 nitrogen and oxygen atoms in total. The van der Waals surface area contributed by atoms with Crippen molar-refractivity contribution in [3.63, 3.8) is 0 Å². The summed E-state index contributed by atoms with van der Waals surface area (Å²) in [5.41, 5.74) is 6.02. The molecule has 1 aliphatic carbocycles. The molecule has 22 heavy (non-hydrogen) atoms. The first kappa shape index (κ1) is 22.0. The van der Waals surface area contributed by atoms with Crippen LogP contribution in [0.3, 0.4) is 0 Å². The molecular formula is C18H24Cl2OTi. The van der Waals surface area contributed by atoms with E-state index in [0.717, 1.165) is 13.0 Å². The summed E-state index contributed by atoms with van der Waals surface area (Å²) in [6.45, 7) is 12.0. The van der Waals surface area contributed by atoms with Crippen molar-refractivity contribution in [1.29, 1.82) is 0 Å². The van der Waals surface area contributed by atoms with E-state index in [0.29, 0.717) is 0 Å². The average molecular weight is 375 g/mol. The third-order valence-corrected chi connectivity index (χ3v) is 4.81. The zero-order valence-electron chi connectivity index (χ0n) is 14.0. The van der Waals surface area contributed by atoms with E-state index in [-0.39, 0.29) is 30.2 Å². The normalized spacial score (nSPS) is 14.0. The molecule has 0 N–H and O–H groups in total. The fourth-order valence-electron chi connectivity index (χ4n) is 2.40. The molecule has 0 aliphatic heterocycles. The second-order valence-electron chi connectivity index (χ2n) is 6.83. The maximum atomic E-state index is 6.03. The van der Waals surface area contributed by atoms with Gasteiger partial charge in [0.25, 0.3) is 0 Å². The monoisotopic (exact) mass is 374 g/mol. The molecule has 0 amide bonds. The predicted octanol–water partition coefficient (Wildman–Crippen LogP) is -1.50. The molecule has 0 bridgehead atoms. The SMILES string of the molecule is CC1=CC(C)=C(c2cccc[c]2[Ti+2][O]CC(C)(C)C)C1.[Cl-].[Cl-]. The summed E-state index contributed by atoms with van der Waals surface area (Å²) in [5, 5.41) is 0. The van der Waals surface area contributed by atoms with Gasteiger partial charge in [0.15, 0.2) is 0 Å². The summed E-state index contributed by atoms with van der Waals surface area (Å²) >= 11 is -0.516. The summed E-state index contributed by atoms with van der Waals surface area (Å²) < 4.78 is 7.46. The minimum atomic E-state index is -0.516. The fourth-order valence-corrected chi connectivity index (χ4v) is 4.22. The molecule has 1 aromatic rings. The van der Waals surface area contributed by atoms with Crippen molar-refractivity contribution < 1.29 is 47.7 Å². The molecule has 120 valence electrons. The van der Waals surface area contributed by atoms with Crippen molar-refractivity contribution in [3.05, 3.63) is 47.1 Å². The van der Waals surface area contributed by atoms with Gasteiger partial charge in [0.2, 0.25) is 0 Å². The van der Waals surface area contributed by atoms with Gasteiger partial charge in [0.05, 0.1) is 0 Å². The molecular weight excluding hydrogens is 351 g/mol. The number of hydrogen-bond acceptors (Lipinski definition) is 1. The van der Waals surface area contributed by atoms with Crippen LogP contribution in [-0.4, -0.2) is 6.61 Å². The van der Waals surface area contributed by atoms with E-state index in [1.165, 1.54) is 26.2 Å². The van der Waals surface area contributed by atoms with Gasteiger partial charge in [-0.2, -0.15) is 0 Å². The van der Waals surface area contributed by atoms with Gasteiger partial charge in [-0.05, 0) is 0 Å². The predicted molar refractivity (Wildman–Crippen MR) is 82.5 cm³/mol. The van der Waals surface area contributed by atoms with E-state index in [1.54, 1.807) is 0 Å². The summed E-state index contributed by atoms with van der Waals surface area (Å²) in [4.78, 5) is 0. The minimum absolute atomic E-state index is 0. The molecule has 0 aromatic heterocycles. The Morgan fingerprint density at radius 1 is 1.09 bits per heavy atom. The van der Waals surface area contributed by atoms with Crippen molar-refractivity contribution in [3.8, 4) is 0 Å². The van der Waals surface area contributed by atoms with Crippen LogP contribution < -0.4 is 28.7 Å². The Bertz CT molecular complexity index is 556. The van der Waals surface area contributed by atoms with E-state index < -0.39 is 19.5 Å². The van der Waals surface area contributed by atoms with Gasteiger partial charge in [-0.15, -0.1) is 0 Å². The Balaban J connectivity index is 0.00000220. The van der Waals surface area contributed by atoms with Gasteiger partial charge in [-0.1, -0.05) is 0 Å². The molecule has 0 atom stereocenters. The second-order valence-corrected chi connectivity index (χ2v) is 8.44. The molecule has 0 radical (unpaired) electrons. The Hall–Kier alpha value is -0.0457. The van der Waals surface area contributed by atoms with Crippen molar-refractivity contribution in [1.82, 2.24) is 0 Å². The maximum absolute atomic E-state index is 6.03. The van der Waals surface area contributed by atoms with Crippen LogP contribution in [0.5, 0.6) is 0 Å². The Kier molecular flexibility index (Phi) is 9.28. The van der Waals surface area contributed by atoms with E-state index in [1.807, 2.05) is 0 Å². The third-order valence-electron chi connectivity index (χ3n) is 3.33. The van der Waals surface area contributed by atoms with Gasteiger partial charge in [0, 0.05) is 0 Å². The third kappa shape index (κ3) is 6.22. The average Bonchev–Trinajstić information content (AvgIpc) is 2.67. The molecule has 2 rings (SSSR count). The first-order valence-electron chi connectivity index (χ1n) is 7.21. The number of benzene rings is 1. The summed E-state index contributed by atoms with van der Waals surface area (Å²) in [6.07, 6.45) is 3.40. The summed E-state index contributed by atoms with van der Waals surface area (Å²) in [5.74, 6) is 0. The first-order valence-corrected chi connectivity index (χ1v) is 8.63. The summed E-state index contributed by atoms with van der Waals surface area (Å²) in [6, 6.07) is 8.77. The van der Waals surface area contributed by atoms with Crippen molar-refractivity contribution in [2.45, 2.75) is 41.0 Å². The van der Waals surface area contributed by atoms with Crippen LogP contribution in [0, 0.1) is 5.41 Å². The van der Waals surface area contributed by atoms with Crippen LogP contribution in [0.25, 0.3) is 5.57 Å². The summed E-state index contributed by atoms with van der Waals surface area (Å²) in [7, 11) is 0. The fraction of sp³-hybridized carbons (Fsp3) is 0.444. The van der Waals surface area contributed by atoms with Gasteiger partial charge in [0.1, 0.15) is 0 Å². The van der Waals surface area contributed by atoms with Crippen molar-refractivity contribution in [2.24, 2.45) is 5.41 Å². The standard InChI is InChI=1S/C13H13.C5H11O.2ClH.Ti/c1-10-8-11(2)13(9-10)12-6-4-3-5-7-12;1-5(2,3)4-6;;;/h3-6,8H,9H2,1-2H3;4H2,1-3H3;2*1H;/q;-1;;;+3/p-2. The molecule has 0 spiro atoms. The number of halogens is 2. The molecule has 0 unspecified atom stereocenters. The van der Waals surface area contributed by atoms with E-state index in [9.17, 15) is 0 Å². The zero-order valence-corrected chi connectivity index (χ0v) is 17.0. The molecule has 0 saturated heterocycles. The number of allylic oxidation sites excluding steroid dienone is 4. The Morgan fingerprint density at radius 3 is 2.27 bits per heavy atom. The first-order chi connectivity index (χ1) is 9.37. The van der Waals surface area contributed by atoms with Crippen LogP contribution >= 0.6 is 0 Å². The Morgan fingerprint density at radius 2 is 1.73 bits per heavy atom. The van der Waals surface area contributed by atoms with Crippen molar-refractivity contribution >= 4 is 9.44 Å². The van der Waals surface area contributed by atoms with Gasteiger partial charge in [-0.3, -0.25) is 0 Å². The van der Waals surface area contributed by atoms with Gasteiger partial charge < -0.3 is 24.8 Å². The molecule has 4 heteroatoms. The topological polar surface area (TPSA) is 9.23 Å². The van der Waals surface area contributed by atoms with E-state index >= 15 is 0 Å². The minimum Gasteiger partial charge on any atom is -1.00 e. The smallest absolute Gasteiger partial charge is 1.00 e. The second kappa shape index (κ2) is 9.30.